The molecule has 2 aliphatic heterocycles. The molecule has 1 amide bonds. The van der Waals surface area contributed by atoms with Crippen LogP contribution >= 0.6 is 0 Å². The fourth-order valence-electron chi connectivity index (χ4n) is 3.94. The molecule has 4 rings (SSSR count). The van der Waals surface area contributed by atoms with Gasteiger partial charge in [-0.25, -0.2) is 4.98 Å². The van der Waals surface area contributed by atoms with Crippen molar-refractivity contribution < 1.29 is 4.79 Å². The molecular weight excluding hydrogens is 312 g/mol. The van der Waals surface area contributed by atoms with Gasteiger partial charge in [0.1, 0.15) is 12.0 Å². The number of hydrogen-bond donors (Lipinski definition) is 0. The Bertz CT molecular complexity index is 753. The summed E-state index contributed by atoms with van der Waals surface area (Å²) in [6, 6.07) is 14.3. The number of hydrogen-bond acceptors (Lipinski definition) is 4. The van der Waals surface area contributed by atoms with Crippen LogP contribution in [-0.2, 0) is 0 Å². The third kappa shape index (κ3) is 2.78. The van der Waals surface area contributed by atoms with E-state index in [1.165, 1.54) is 0 Å². The first-order valence-electron chi connectivity index (χ1n) is 8.98. The van der Waals surface area contributed by atoms with Crippen molar-refractivity contribution in [2.75, 3.05) is 31.1 Å². The Morgan fingerprint density at radius 2 is 1.72 bits per heavy atom. The molecule has 2 aromatic rings. The average Bonchev–Trinajstić information content (AvgIpc) is 2.96. The van der Waals surface area contributed by atoms with E-state index in [2.05, 4.69) is 40.8 Å². The molecular formula is C20H24N4O. The molecule has 0 spiro atoms. The molecule has 2 aliphatic rings. The molecule has 0 radical (unpaired) electrons. The molecule has 1 aromatic heterocycles. The number of rotatable bonds is 3. The molecule has 1 fully saturated rings. The highest BCUT2D eigenvalue weighted by molar-refractivity contribution is 5.99. The van der Waals surface area contributed by atoms with Crippen molar-refractivity contribution in [3.05, 3.63) is 59.8 Å². The number of carbonyl (C=O) groups excluding carboxylic acids is 1. The zero-order valence-electron chi connectivity index (χ0n) is 14.8. The van der Waals surface area contributed by atoms with Gasteiger partial charge in [0.05, 0.1) is 0 Å². The van der Waals surface area contributed by atoms with Crippen molar-refractivity contribution >= 4 is 11.7 Å². The number of carbonyl (C=O) groups is 1. The molecule has 1 unspecified atom stereocenters. The number of fused-ring (bicyclic) bond motifs is 1. The minimum absolute atomic E-state index is 0.0505. The fraction of sp³-hybridized carbons (Fsp3) is 0.400. The van der Waals surface area contributed by atoms with E-state index in [9.17, 15) is 4.79 Å². The van der Waals surface area contributed by atoms with E-state index >= 15 is 0 Å². The fourth-order valence-corrected chi connectivity index (χ4v) is 3.94. The van der Waals surface area contributed by atoms with E-state index in [-0.39, 0.29) is 18.1 Å². The van der Waals surface area contributed by atoms with E-state index in [0.717, 1.165) is 43.1 Å². The van der Waals surface area contributed by atoms with Gasteiger partial charge >= 0.3 is 0 Å². The number of piperazine rings is 1. The van der Waals surface area contributed by atoms with Crippen LogP contribution in [0.5, 0.6) is 0 Å². The second kappa shape index (κ2) is 6.48. The molecule has 25 heavy (non-hydrogen) atoms. The predicted octanol–water partition coefficient (Wildman–Crippen LogP) is 2.77. The first-order valence-corrected chi connectivity index (χ1v) is 8.98. The normalized spacial score (nSPS) is 21.1. The SMILES string of the molecule is CC(C)N1C(=O)c2ccccc2C1N1CCN(c2ccccn2)CC1. The minimum Gasteiger partial charge on any atom is -0.354 e. The van der Waals surface area contributed by atoms with E-state index in [4.69, 9.17) is 0 Å². The van der Waals surface area contributed by atoms with Crippen molar-refractivity contribution in [1.82, 2.24) is 14.8 Å². The molecule has 0 bridgehead atoms. The molecule has 0 aliphatic carbocycles. The first kappa shape index (κ1) is 16.1. The summed E-state index contributed by atoms with van der Waals surface area (Å²) in [7, 11) is 0. The lowest BCUT2D eigenvalue weighted by Gasteiger charge is -2.42. The van der Waals surface area contributed by atoms with Crippen LogP contribution in [0.4, 0.5) is 5.82 Å². The van der Waals surface area contributed by atoms with Crippen molar-refractivity contribution in [2.45, 2.75) is 26.1 Å². The lowest BCUT2D eigenvalue weighted by molar-refractivity contribution is 0.0251. The highest BCUT2D eigenvalue weighted by atomic mass is 16.2. The van der Waals surface area contributed by atoms with Crippen LogP contribution in [0.15, 0.2) is 48.7 Å². The zero-order chi connectivity index (χ0) is 17.4. The van der Waals surface area contributed by atoms with Gasteiger partial charge in [-0.15, -0.1) is 0 Å². The number of anilines is 1. The van der Waals surface area contributed by atoms with Crippen LogP contribution in [0.25, 0.3) is 0 Å². The number of pyridine rings is 1. The molecule has 5 heteroatoms. The topological polar surface area (TPSA) is 39.7 Å². The van der Waals surface area contributed by atoms with Crippen molar-refractivity contribution in [1.29, 1.82) is 0 Å². The molecule has 1 atom stereocenters. The lowest BCUT2D eigenvalue weighted by Crippen LogP contribution is -2.52. The summed E-state index contributed by atoms with van der Waals surface area (Å²) >= 11 is 0. The van der Waals surface area contributed by atoms with Gasteiger partial charge in [0.15, 0.2) is 0 Å². The van der Waals surface area contributed by atoms with Gasteiger partial charge in [-0.3, -0.25) is 9.69 Å². The Hall–Kier alpha value is -2.40. The monoisotopic (exact) mass is 336 g/mol. The van der Waals surface area contributed by atoms with Crippen molar-refractivity contribution in [3.63, 3.8) is 0 Å². The van der Waals surface area contributed by atoms with E-state index < -0.39 is 0 Å². The molecule has 0 saturated carbocycles. The third-order valence-electron chi connectivity index (χ3n) is 5.16. The zero-order valence-corrected chi connectivity index (χ0v) is 14.8. The van der Waals surface area contributed by atoms with Crippen LogP contribution in [-0.4, -0.2) is 52.9 Å². The average molecular weight is 336 g/mol. The second-order valence-electron chi connectivity index (χ2n) is 6.98. The van der Waals surface area contributed by atoms with E-state index in [1.54, 1.807) is 0 Å². The number of nitrogens with zero attached hydrogens (tertiary/aromatic N) is 4. The smallest absolute Gasteiger partial charge is 0.256 e. The Morgan fingerprint density at radius 1 is 1.00 bits per heavy atom. The van der Waals surface area contributed by atoms with Gasteiger partial charge in [-0.1, -0.05) is 24.3 Å². The summed E-state index contributed by atoms with van der Waals surface area (Å²) in [5, 5.41) is 0. The molecule has 3 heterocycles. The third-order valence-corrected chi connectivity index (χ3v) is 5.16. The van der Waals surface area contributed by atoms with E-state index in [0.29, 0.717) is 0 Å². The second-order valence-corrected chi connectivity index (χ2v) is 6.98. The largest absolute Gasteiger partial charge is 0.354 e. The summed E-state index contributed by atoms with van der Waals surface area (Å²) < 4.78 is 0. The van der Waals surface area contributed by atoms with Crippen LogP contribution in [0.2, 0.25) is 0 Å². The Labute approximate surface area is 148 Å². The number of amides is 1. The maximum Gasteiger partial charge on any atom is 0.256 e. The molecule has 130 valence electrons. The van der Waals surface area contributed by atoms with Gasteiger partial charge in [0.25, 0.3) is 5.91 Å². The van der Waals surface area contributed by atoms with Crippen LogP contribution in [0.1, 0.15) is 35.9 Å². The predicted molar refractivity (Wildman–Crippen MR) is 98.5 cm³/mol. The van der Waals surface area contributed by atoms with Crippen molar-refractivity contribution in [2.24, 2.45) is 0 Å². The Kier molecular flexibility index (Phi) is 4.17. The minimum atomic E-state index is 0.0505. The maximum atomic E-state index is 12.9. The quantitative estimate of drug-likeness (QED) is 0.864. The summed E-state index contributed by atoms with van der Waals surface area (Å²) in [4.78, 5) is 24.1. The summed E-state index contributed by atoms with van der Waals surface area (Å²) in [5.41, 5.74) is 2.00. The van der Waals surface area contributed by atoms with Crippen LogP contribution in [0, 0.1) is 0 Å². The van der Waals surface area contributed by atoms with Gasteiger partial charge in [-0.05, 0) is 32.0 Å². The van der Waals surface area contributed by atoms with Gasteiger partial charge in [0, 0.05) is 49.5 Å². The van der Waals surface area contributed by atoms with Gasteiger partial charge in [0.2, 0.25) is 0 Å². The first-order chi connectivity index (χ1) is 12.2. The number of aromatic nitrogens is 1. The summed E-state index contributed by atoms with van der Waals surface area (Å²) in [6.45, 7) is 7.89. The molecule has 1 saturated heterocycles. The van der Waals surface area contributed by atoms with Crippen LogP contribution < -0.4 is 4.90 Å². The molecule has 5 nitrogen and oxygen atoms in total. The van der Waals surface area contributed by atoms with Crippen molar-refractivity contribution in [3.8, 4) is 0 Å². The Morgan fingerprint density at radius 3 is 2.40 bits per heavy atom. The van der Waals surface area contributed by atoms with Gasteiger partial charge in [-0.2, -0.15) is 0 Å². The summed E-state index contributed by atoms with van der Waals surface area (Å²) in [5.74, 6) is 1.19. The molecule has 1 aromatic carbocycles. The maximum absolute atomic E-state index is 12.9. The highest BCUT2D eigenvalue weighted by Crippen LogP contribution is 2.38. The molecule has 0 N–H and O–H groups in total. The van der Waals surface area contributed by atoms with E-state index in [1.807, 2.05) is 41.4 Å². The highest BCUT2D eigenvalue weighted by Gasteiger charge is 2.41. The number of benzene rings is 1. The lowest BCUT2D eigenvalue weighted by atomic mass is 10.1. The van der Waals surface area contributed by atoms with Gasteiger partial charge < -0.3 is 9.80 Å². The summed E-state index contributed by atoms with van der Waals surface area (Å²) in [6.07, 6.45) is 1.89. The standard InChI is InChI=1S/C20H24N4O/c1-15(2)24-19(16-7-3-4-8-17(16)20(24)25)23-13-11-22(12-14-23)18-9-5-6-10-21-18/h3-10,15,19H,11-14H2,1-2H3. The van der Waals surface area contributed by atoms with Crippen LogP contribution in [0.3, 0.4) is 0 Å². The Balaban J connectivity index is 1.56.